The van der Waals surface area contributed by atoms with E-state index in [1.165, 1.54) is 0 Å². The van der Waals surface area contributed by atoms with E-state index in [0.717, 1.165) is 32.5 Å². The highest BCUT2D eigenvalue weighted by Crippen LogP contribution is 2.29. The van der Waals surface area contributed by atoms with Gasteiger partial charge in [0, 0.05) is 27.5 Å². The lowest BCUT2D eigenvalue weighted by Gasteiger charge is -1.93. The molecule has 0 fully saturated rings. The first-order valence-electron chi connectivity index (χ1n) is 4.38. The number of halogens is 2. The fourth-order valence-corrected chi connectivity index (χ4v) is 2.16. The van der Waals surface area contributed by atoms with Crippen LogP contribution in [0.1, 0.15) is 5.69 Å². The average Bonchev–Trinajstić information content (AvgIpc) is 2.46. The quantitative estimate of drug-likeness (QED) is 0.867. The molecule has 0 aliphatic heterocycles. The monoisotopic (exact) mass is 272 g/mol. The molecule has 0 amide bonds. The van der Waals surface area contributed by atoms with E-state index in [1.54, 1.807) is 0 Å². The van der Waals surface area contributed by atoms with Gasteiger partial charge in [0.1, 0.15) is 0 Å². The molecule has 2 nitrogen and oxygen atoms in total. The molecule has 0 aliphatic carbocycles. The summed E-state index contributed by atoms with van der Waals surface area (Å²) in [6.07, 6.45) is 0.783. The Labute approximate surface area is 95.6 Å². The van der Waals surface area contributed by atoms with Gasteiger partial charge in [-0.2, -0.15) is 0 Å². The molecule has 1 heterocycles. The predicted molar refractivity (Wildman–Crippen MR) is 63.8 cm³/mol. The zero-order valence-corrected chi connectivity index (χ0v) is 9.82. The highest BCUT2D eigenvalue weighted by atomic mass is 79.9. The third-order valence-corrected chi connectivity index (χ3v) is 3.09. The number of hydrogen-bond donors (Lipinski definition) is 2. The number of aromatic amines is 1. The minimum atomic E-state index is 0.605. The SMILES string of the molecule is NCCc1[nH]c2ccc(Br)cc2c1Cl. The second-order valence-electron chi connectivity index (χ2n) is 3.15. The van der Waals surface area contributed by atoms with E-state index >= 15 is 0 Å². The van der Waals surface area contributed by atoms with E-state index in [2.05, 4.69) is 20.9 Å². The smallest absolute Gasteiger partial charge is 0.0692 e. The van der Waals surface area contributed by atoms with Crippen LogP contribution >= 0.6 is 27.5 Å². The summed E-state index contributed by atoms with van der Waals surface area (Å²) < 4.78 is 1.03. The molecule has 2 rings (SSSR count). The first-order chi connectivity index (χ1) is 6.72. The van der Waals surface area contributed by atoms with Crippen molar-refractivity contribution in [3.63, 3.8) is 0 Å². The Morgan fingerprint density at radius 2 is 2.21 bits per heavy atom. The Bertz CT molecular complexity index is 464. The van der Waals surface area contributed by atoms with Crippen LogP contribution in [0.2, 0.25) is 5.02 Å². The molecule has 0 radical (unpaired) electrons. The number of fused-ring (bicyclic) bond motifs is 1. The lowest BCUT2D eigenvalue weighted by Crippen LogP contribution is -2.02. The molecule has 14 heavy (non-hydrogen) atoms. The Kier molecular flexibility index (Phi) is 2.81. The van der Waals surface area contributed by atoms with Gasteiger partial charge in [-0.1, -0.05) is 27.5 Å². The molecule has 0 atom stereocenters. The molecule has 0 spiro atoms. The van der Waals surface area contributed by atoms with Gasteiger partial charge in [0.25, 0.3) is 0 Å². The van der Waals surface area contributed by atoms with Crippen LogP contribution in [0.5, 0.6) is 0 Å². The van der Waals surface area contributed by atoms with Crippen molar-refractivity contribution < 1.29 is 0 Å². The number of hydrogen-bond acceptors (Lipinski definition) is 1. The van der Waals surface area contributed by atoms with Crippen molar-refractivity contribution in [1.29, 1.82) is 0 Å². The van der Waals surface area contributed by atoms with Crippen LogP contribution < -0.4 is 5.73 Å². The Hall–Kier alpha value is -0.510. The molecule has 0 saturated heterocycles. The number of aromatic nitrogens is 1. The first-order valence-corrected chi connectivity index (χ1v) is 5.55. The minimum absolute atomic E-state index is 0.605. The zero-order valence-electron chi connectivity index (χ0n) is 7.48. The van der Waals surface area contributed by atoms with Crippen LogP contribution in [-0.4, -0.2) is 11.5 Å². The van der Waals surface area contributed by atoms with Gasteiger partial charge in [0.2, 0.25) is 0 Å². The number of H-pyrrole nitrogens is 1. The maximum atomic E-state index is 6.20. The van der Waals surface area contributed by atoms with Crippen LogP contribution in [0.4, 0.5) is 0 Å². The number of nitrogens with two attached hydrogens (primary N) is 1. The third kappa shape index (κ3) is 1.67. The van der Waals surface area contributed by atoms with E-state index in [1.807, 2.05) is 18.2 Å². The van der Waals surface area contributed by atoms with Gasteiger partial charge >= 0.3 is 0 Å². The highest BCUT2D eigenvalue weighted by molar-refractivity contribution is 9.10. The van der Waals surface area contributed by atoms with E-state index in [4.69, 9.17) is 17.3 Å². The van der Waals surface area contributed by atoms with Gasteiger partial charge in [0.05, 0.1) is 5.02 Å². The number of benzene rings is 1. The minimum Gasteiger partial charge on any atom is -0.357 e. The van der Waals surface area contributed by atoms with Gasteiger partial charge in [-0.05, 0) is 24.7 Å². The molecule has 1 aromatic heterocycles. The third-order valence-electron chi connectivity index (χ3n) is 2.16. The van der Waals surface area contributed by atoms with Crippen LogP contribution in [0, 0.1) is 0 Å². The van der Waals surface area contributed by atoms with Crippen LogP contribution in [-0.2, 0) is 6.42 Å². The van der Waals surface area contributed by atoms with Crippen molar-refractivity contribution in [2.24, 2.45) is 5.73 Å². The summed E-state index contributed by atoms with van der Waals surface area (Å²) in [6.45, 7) is 0.605. The molecular weight excluding hydrogens is 263 g/mol. The van der Waals surface area contributed by atoms with E-state index in [9.17, 15) is 0 Å². The van der Waals surface area contributed by atoms with E-state index < -0.39 is 0 Å². The van der Waals surface area contributed by atoms with Gasteiger partial charge in [-0.3, -0.25) is 0 Å². The van der Waals surface area contributed by atoms with Gasteiger partial charge < -0.3 is 10.7 Å². The van der Waals surface area contributed by atoms with E-state index in [-0.39, 0.29) is 0 Å². The predicted octanol–water partition coefficient (Wildman–Crippen LogP) is 3.09. The summed E-state index contributed by atoms with van der Waals surface area (Å²) >= 11 is 9.62. The number of rotatable bonds is 2. The first kappa shape index (κ1) is 10.0. The van der Waals surface area contributed by atoms with Crippen LogP contribution in [0.3, 0.4) is 0 Å². The van der Waals surface area contributed by atoms with Gasteiger partial charge in [-0.15, -0.1) is 0 Å². The Morgan fingerprint density at radius 3 is 2.93 bits per heavy atom. The maximum Gasteiger partial charge on any atom is 0.0692 e. The Balaban J connectivity index is 2.62. The second kappa shape index (κ2) is 3.93. The normalized spacial score (nSPS) is 11.1. The summed E-state index contributed by atoms with van der Waals surface area (Å²) in [4.78, 5) is 3.26. The zero-order chi connectivity index (χ0) is 10.1. The molecular formula is C10H10BrClN2. The van der Waals surface area contributed by atoms with Crippen molar-refractivity contribution in [3.8, 4) is 0 Å². The standard InChI is InChI=1S/C10H10BrClN2/c11-6-1-2-8-7(5-6)10(12)9(14-8)3-4-13/h1-2,5,14H,3-4,13H2. The summed E-state index contributed by atoms with van der Waals surface area (Å²) in [6, 6.07) is 6.00. The summed E-state index contributed by atoms with van der Waals surface area (Å²) in [5.74, 6) is 0. The second-order valence-corrected chi connectivity index (χ2v) is 4.44. The lowest BCUT2D eigenvalue weighted by molar-refractivity contribution is 0.940. The molecule has 4 heteroatoms. The van der Waals surface area contributed by atoms with Crippen molar-refractivity contribution in [2.75, 3.05) is 6.54 Å². The summed E-state index contributed by atoms with van der Waals surface area (Å²) in [5, 5.41) is 1.83. The van der Waals surface area contributed by atoms with Crippen molar-refractivity contribution in [3.05, 3.63) is 33.4 Å². The summed E-state index contributed by atoms with van der Waals surface area (Å²) in [7, 11) is 0. The van der Waals surface area contributed by atoms with Gasteiger partial charge in [-0.25, -0.2) is 0 Å². The molecule has 0 bridgehead atoms. The van der Waals surface area contributed by atoms with Gasteiger partial charge in [0.15, 0.2) is 0 Å². The Morgan fingerprint density at radius 1 is 1.43 bits per heavy atom. The molecule has 0 saturated carbocycles. The fourth-order valence-electron chi connectivity index (χ4n) is 1.50. The molecule has 3 N–H and O–H groups in total. The molecule has 0 aliphatic rings. The van der Waals surface area contributed by atoms with Crippen molar-refractivity contribution in [2.45, 2.75) is 6.42 Å². The molecule has 2 aromatic rings. The van der Waals surface area contributed by atoms with E-state index in [0.29, 0.717) is 6.54 Å². The molecule has 74 valence electrons. The largest absolute Gasteiger partial charge is 0.357 e. The topological polar surface area (TPSA) is 41.8 Å². The average molecular weight is 274 g/mol. The summed E-state index contributed by atoms with van der Waals surface area (Å²) in [5.41, 5.74) is 7.57. The fraction of sp³-hybridized carbons (Fsp3) is 0.200. The lowest BCUT2D eigenvalue weighted by atomic mass is 10.2. The molecule has 1 aromatic carbocycles. The van der Waals surface area contributed by atoms with Crippen molar-refractivity contribution >= 4 is 38.4 Å². The van der Waals surface area contributed by atoms with Crippen molar-refractivity contribution in [1.82, 2.24) is 4.98 Å². The molecule has 0 unspecified atom stereocenters. The van der Waals surface area contributed by atoms with Crippen LogP contribution in [0.15, 0.2) is 22.7 Å². The maximum absolute atomic E-state index is 6.20. The van der Waals surface area contributed by atoms with Crippen LogP contribution in [0.25, 0.3) is 10.9 Å². The number of nitrogens with one attached hydrogen (secondary N) is 1. The highest BCUT2D eigenvalue weighted by Gasteiger charge is 2.08.